The van der Waals surface area contributed by atoms with E-state index in [1.807, 2.05) is 18.2 Å². The molecule has 0 amide bonds. The number of methoxy groups -OCH3 is 1. The molecule has 1 heterocycles. The van der Waals surface area contributed by atoms with E-state index in [4.69, 9.17) is 9.47 Å². The van der Waals surface area contributed by atoms with Crippen LogP contribution in [0.4, 0.5) is 0 Å². The maximum Gasteiger partial charge on any atom is 0.309 e. The van der Waals surface area contributed by atoms with E-state index in [-0.39, 0.29) is 6.10 Å². The molecule has 5 nitrogen and oxygen atoms in total. The van der Waals surface area contributed by atoms with Crippen LogP contribution >= 0.6 is 0 Å². The van der Waals surface area contributed by atoms with Crippen molar-refractivity contribution >= 4 is 5.97 Å². The predicted molar refractivity (Wildman–Crippen MR) is 84.6 cm³/mol. The summed E-state index contributed by atoms with van der Waals surface area (Å²) in [6.45, 7) is 5.29. The molecule has 1 fully saturated rings. The van der Waals surface area contributed by atoms with Gasteiger partial charge in [0.2, 0.25) is 0 Å². The first kappa shape index (κ1) is 16.6. The van der Waals surface area contributed by atoms with Crippen LogP contribution in [-0.4, -0.2) is 37.4 Å². The molecule has 1 saturated heterocycles. The zero-order valence-electron chi connectivity index (χ0n) is 13.5. The Balaban J connectivity index is 2.21. The van der Waals surface area contributed by atoms with Crippen molar-refractivity contribution in [2.75, 3.05) is 20.2 Å². The molecule has 0 aromatic heterocycles. The van der Waals surface area contributed by atoms with Gasteiger partial charge >= 0.3 is 5.97 Å². The normalized spacial score (nSPS) is 18.8. The Hall–Kier alpha value is -1.75. The number of rotatable bonds is 6. The van der Waals surface area contributed by atoms with E-state index in [1.54, 1.807) is 21.0 Å². The largest absolute Gasteiger partial charge is 0.493 e. The molecule has 0 bridgehead atoms. The van der Waals surface area contributed by atoms with Crippen LogP contribution in [0.15, 0.2) is 18.2 Å². The van der Waals surface area contributed by atoms with Gasteiger partial charge < -0.3 is 19.9 Å². The maximum absolute atomic E-state index is 11.3. The van der Waals surface area contributed by atoms with Gasteiger partial charge in [-0.05, 0) is 51.3 Å². The second-order valence-corrected chi connectivity index (χ2v) is 6.40. The summed E-state index contributed by atoms with van der Waals surface area (Å²) in [5.41, 5.74) is 0.00865. The van der Waals surface area contributed by atoms with E-state index in [1.165, 1.54) is 0 Å². The Labute approximate surface area is 131 Å². The third-order valence-corrected chi connectivity index (χ3v) is 4.02. The fraction of sp³-hybridized carbons (Fsp3) is 0.588. The summed E-state index contributed by atoms with van der Waals surface area (Å²) in [7, 11) is 1.60. The molecule has 122 valence electrons. The SMILES string of the molecule is COc1c(CC(C)(C)C(=O)O)cccc1OC1CCCNC1. The Bertz CT molecular complexity index is 521. The standard InChI is InChI=1S/C17H25NO4/c1-17(2,16(19)20)10-12-6-4-8-14(15(12)21-3)22-13-7-5-9-18-11-13/h4,6,8,13,18H,5,7,9-11H2,1-3H3,(H,19,20). The quantitative estimate of drug-likeness (QED) is 0.845. The summed E-state index contributed by atoms with van der Waals surface area (Å²) < 4.78 is 11.6. The molecule has 0 aliphatic carbocycles. The Morgan fingerprint density at radius 1 is 1.45 bits per heavy atom. The zero-order chi connectivity index (χ0) is 16.2. The lowest BCUT2D eigenvalue weighted by molar-refractivity contribution is -0.146. The molecule has 22 heavy (non-hydrogen) atoms. The molecular formula is C17H25NO4. The van der Waals surface area contributed by atoms with Crippen LogP contribution in [0.5, 0.6) is 11.5 Å². The third-order valence-electron chi connectivity index (χ3n) is 4.02. The van der Waals surface area contributed by atoms with E-state index in [2.05, 4.69) is 5.32 Å². The number of aliphatic carboxylic acids is 1. The summed E-state index contributed by atoms with van der Waals surface area (Å²) in [5.74, 6) is 0.509. The lowest BCUT2D eigenvalue weighted by atomic mass is 9.85. The summed E-state index contributed by atoms with van der Waals surface area (Å²) in [6, 6.07) is 5.67. The molecule has 1 aromatic rings. The van der Waals surface area contributed by atoms with Crippen molar-refractivity contribution in [1.29, 1.82) is 0 Å². The molecule has 0 saturated carbocycles. The second kappa shape index (κ2) is 7.01. The number of hydrogen-bond donors (Lipinski definition) is 2. The van der Waals surface area contributed by atoms with E-state index < -0.39 is 11.4 Å². The minimum absolute atomic E-state index is 0.130. The van der Waals surface area contributed by atoms with Crippen molar-refractivity contribution in [1.82, 2.24) is 5.32 Å². The first-order valence-electron chi connectivity index (χ1n) is 7.70. The first-order chi connectivity index (χ1) is 10.4. The summed E-state index contributed by atoms with van der Waals surface area (Å²) in [4.78, 5) is 11.3. The van der Waals surface area contributed by atoms with Gasteiger partial charge in [-0.3, -0.25) is 4.79 Å². The highest BCUT2D eigenvalue weighted by atomic mass is 16.5. The zero-order valence-corrected chi connectivity index (χ0v) is 13.5. The Morgan fingerprint density at radius 3 is 2.82 bits per heavy atom. The number of ether oxygens (including phenoxy) is 2. The van der Waals surface area contributed by atoms with Crippen molar-refractivity contribution in [3.05, 3.63) is 23.8 Å². The van der Waals surface area contributed by atoms with Gasteiger partial charge in [0.1, 0.15) is 6.10 Å². The van der Waals surface area contributed by atoms with Crippen LogP contribution in [0.1, 0.15) is 32.3 Å². The number of benzene rings is 1. The summed E-state index contributed by atoms with van der Waals surface area (Å²) >= 11 is 0. The summed E-state index contributed by atoms with van der Waals surface area (Å²) in [5, 5.41) is 12.6. The van der Waals surface area contributed by atoms with Gasteiger partial charge in [0.25, 0.3) is 0 Å². The van der Waals surface area contributed by atoms with Crippen LogP contribution in [-0.2, 0) is 11.2 Å². The molecule has 1 unspecified atom stereocenters. The average Bonchev–Trinajstić information content (AvgIpc) is 2.48. The van der Waals surface area contributed by atoms with Crippen molar-refractivity contribution in [3.8, 4) is 11.5 Å². The van der Waals surface area contributed by atoms with Gasteiger partial charge in [-0.2, -0.15) is 0 Å². The molecule has 1 aliphatic heterocycles. The molecule has 0 radical (unpaired) electrons. The van der Waals surface area contributed by atoms with E-state index >= 15 is 0 Å². The number of piperidine rings is 1. The minimum atomic E-state index is -0.849. The molecule has 5 heteroatoms. The summed E-state index contributed by atoms with van der Waals surface area (Å²) in [6.07, 6.45) is 2.64. The van der Waals surface area contributed by atoms with Crippen LogP contribution < -0.4 is 14.8 Å². The Morgan fingerprint density at radius 2 is 2.23 bits per heavy atom. The minimum Gasteiger partial charge on any atom is -0.493 e. The van der Waals surface area contributed by atoms with Crippen LogP contribution in [0.25, 0.3) is 0 Å². The smallest absolute Gasteiger partial charge is 0.309 e. The molecule has 0 spiro atoms. The van der Waals surface area contributed by atoms with Crippen molar-refractivity contribution in [3.63, 3.8) is 0 Å². The third kappa shape index (κ3) is 3.91. The molecule has 2 rings (SSSR count). The highest BCUT2D eigenvalue weighted by Crippen LogP contribution is 2.36. The topological polar surface area (TPSA) is 67.8 Å². The van der Waals surface area contributed by atoms with Crippen molar-refractivity contribution in [2.24, 2.45) is 5.41 Å². The molecule has 1 aliphatic rings. The van der Waals surface area contributed by atoms with Gasteiger partial charge in [0.05, 0.1) is 12.5 Å². The lowest BCUT2D eigenvalue weighted by Crippen LogP contribution is -2.37. The van der Waals surface area contributed by atoms with E-state index in [0.717, 1.165) is 31.5 Å². The predicted octanol–water partition coefficient (Wildman–Crippen LogP) is 2.48. The van der Waals surface area contributed by atoms with Gasteiger partial charge in [0.15, 0.2) is 11.5 Å². The Kier molecular flexibility index (Phi) is 5.29. The first-order valence-corrected chi connectivity index (χ1v) is 7.70. The molecule has 1 atom stereocenters. The van der Waals surface area contributed by atoms with Crippen LogP contribution in [0.2, 0.25) is 0 Å². The van der Waals surface area contributed by atoms with Gasteiger partial charge in [-0.25, -0.2) is 0 Å². The number of hydrogen-bond acceptors (Lipinski definition) is 4. The fourth-order valence-electron chi connectivity index (χ4n) is 2.68. The lowest BCUT2D eigenvalue weighted by Gasteiger charge is -2.26. The van der Waals surface area contributed by atoms with Crippen molar-refractivity contribution in [2.45, 2.75) is 39.2 Å². The number of carboxylic acids is 1. The molecular weight excluding hydrogens is 282 g/mol. The molecule has 1 aromatic carbocycles. The number of carboxylic acid groups (broad SMARTS) is 1. The average molecular weight is 307 g/mol. The molecule has 2 N–H and O–H groups in total. The van der Waals surface area contributed by atoms with Crippen molar-refractivity contribution < 1.29 is 19.4 Å². The van der Waals surface area contributed by atoms with Gasteiger partial charge in [-0.1, -0.05) is 12.1 Å². The van der Waals surface area contributed by atoms with Crippen LogP contribution in [0, 0.1) is 5.41 Å². The monoisotopic (exact) mass is 307 g/mol. The highest BCUT2D eigenvalue weighted by molar-refractivity contribution is 5.74. The van der Waals surface area contributed by atoms with Gasteiger partial charge in [0, 0.05) is 6.54 Å². The number of para-hydroxylation sites is 1. The maximum atomic E-state index is 11.3. The van der Waals surface area contributed by atoms with E-state index in [9.17, 15) is 9.90 Å². The fourth-order valence-corrected chi connectivity index (χ4v) is 2.68. The van der Waals surface area contributed by atoms with Gasteiger partial charge in [-0.15, -0.1) is 0 Å². The number of carbonyl (C=O) groups is 1. The van der Waals surface area contributed by atoms with Crippen LogP contribution in [0.3, 0.4) is 0 Å². The second-order valence-electron chi connectivity index (χ2n) is 6.40. The highest BCUT2D eigenvalue weighted by Gasteiger charge is 2.29. The number of nitrogens with one attached hydrogen (secondary N) is 1. The van der Waals surface area contributed by atoms with E-state index in [0.29, 0.717) is 17.9 Å².